The van der Waals surface area contributed by atoms with E-state index in [-0.39, 0.29) is 5.38 Å². The van der Waals surface area contributed by atoms with Crippen molar-refractivity contribution in [3.8, 4) is 5.75 Å². The molecule has 0 spiro atoms. The van der Waals surface area contributed by atoms with Crippen molar-refractivity contribution >= 4 is 34.8 Å². The summed E-state index contributed by atoms with van der Waals surface area (Å²) in [4.78, 5) is 0. The highest BCUT2D eigenvalue weighted by Crippen LogP contribution is 2.34. The van der Waals surface area contributed by atoms with Crippen molar-refractivity contribution in [1.82, 2.24) is 0 Å². The predicted octanol–water partition coefficient (Wildman–Crippen LogP) is 5.52. The van der Waals surface area contributed by atoms with Gasteiger partial charge >= 0.3 is 0 Å². The molecule has 0 fully saturated rings. The van der Waals surface area contributed by atoms with Gasteiger partial charge in [0.05, 0.1) is 12.5 Å². The number of rotatable bonds is 4. The molecule has 0 aliphatic heterocycles. The van der Waals surface area contributed by atoms with Crippen molar-refractivity contribution < 1.29 is 4.74 Å². The molecule has 1 atom stereocenters. The van der Waals surface area contributed by atoms with Crippen molar-refractivity contribution in [2.75, 3.05) is 7.11 Å². The molecule has 0 aromatic heterocycles. The molecule has 1 unspecified atom stereocenters. The first-order valence-corrected chi connectivity index (χ1v) is 7.01. The lowest BCUT2D eigenvalue weighted by molar-refractivity contribution is 0.409. The van der Waals surface area contributed by atoms with Gasteiger partial charge in [0, 0.05) is 15.6 Å². The molecular weight excluding hydrogens is 303 g/mol. The van der Waals surface area contributed by atoms with Crippen LogP contribution in [0.5, 0.6) is 5.75 Å². The lowest BCUT2D eigenvalue weighted by atomic mass is 10.0. The highest BCUT2D eigenvalue weighted by atomic mass is 35.5. The zero-order valence-electron chi connectivity index (χ0n) is 10.4. The first-order chi connectivity index (χ1) is 9.10. The second-order valence-electron chi connectivity index (χ2n) is 4.18. The molecule has 0 amide bonds. The van der Waals surface area contributed by atoms with E-state index in [0.717, 1.165) is 21.9 Å². The summed E-state index contributed by atoms with van der Waals surface area (Å²) in [7, 11) is 1.62. The Bertz CT molecular complexity index is 552. The number of hydrogen-bond donors (Lipinski definition) is 0. The van der Waals surface area contributed by atoms with Crippen LogP contribution < -0.4 is 4.74 Å². The summed E-state index contributed by atoms with van der Waals surface area (Å²) in [5.41, 5.74) is 2.01. The number of hydrogen-bond acceptors (Lipinski definition) is 1. The monoisotopic (exact) mass is 314 g/mol. The number of benzene rings is 2. The second-order valence-corrected chi connectivity index (χ2v) is 5.58. The molecule has 19 heavy (non-hydrogen) atoms. The fourth-order valence-corrected chi connectivity index (χ4v) is 2.54. The quantitative estimate of drug-likeness (QED) is 0.675. The van der Waals surface area contributed by atoms with Crippen LogP contribution in [-0.2, 0) is 6.42 Å². The molecule has 2 aromatic carbocycles. The molecule has 0 aliphatic carbocycles. The lowest BCUT2D eigenvalue weighted by Gasteiger charge is -2.14. The normalized spacial score (nSPS) is 12.2. The first kappa shape index (κ1) is 14.5. The Balaban J connectivity index is 2.21. The van der Waals surface area contributed by atoms with E-state index in [9.17, 15) is 0 Å². The third kappa shape index (κ3) is 3.79. The molecule has 0 radical (unpaired) electrons. The van der Waals surface area contributed by atoms with Gasteiger partial charge in [0.15, 0.2) is 0 Å². The number of methoxy groups -OCH3 is 1. The van der Waals surface area contributed by atoms with Crippen LogP contribution in [-0.4, -0.2) is 7.11 Å². The Morgan fingerprint density at radius 2 is 1.63 bits per heavy atom. The second kappa shape index (κ2) is 6.51. The predicted molar refractivity (Wildman–Crippen MR) is 81.8 cm³/mol. The maximum Gasteiger partial charge on any atom is 0.123 e. The average Bonchev–Trinajstić information content (AvgIpc) is 2.41. The molecule has 2 rings (SSSR count). The third-order valence-electron chi connectivity index (χ3n) is 2.86. The van der Waals surface area contributed by atoms with E-state index in [1.807, 2.05) is 36.4 Å². The van der Waals surface area contributed by atoms with E-state index >= 15 is 0 Å². The molecule has 0 aliphatic rings. The summed E-state index contributed by atoms with van der Waals surface area (Å²) in [6.45, 7) is 0. The van der Waals surface area contributed by atoms with Gasteiger partial charge in [-0.1, -0.05) is 35.3 Å². The smallest absolute Gasteiger partial charge is 0.123 e. The number of halogens is 3. The van der Waals surface area contributed by atoms with Gasteiger partial charge in [-0.3, -0.25) is 0 Å². The van der Waals surface area contributed by atoms with Crippen molar-refractivity contribution in [1.29, 1.82) is 0 Å². The van der Waals surface area contributed by atoms with Crippen LogP contribution in [0.2, 0.25) is 10.0 Å². The van der Waals surface area contributed by atoms with Crippen molar-refractivity contribution in [2.45, 2.75) is 11.8 Å². The Morgan fingerprint density at radius 1 is 1.00 bits per heavy atom. The molecule has 2 aromatic rings. The minimum absolute atomic E-state index is 0.199. The molecular formula is C15H13Cl3O. The van der Waals surface area contributed by atoms with E-state index in [1.54, 1.807) is 13.2 Å². The number of alkyl halides is 1. The molecule has 4 heteroatoms. The van der Waals surface area contributed by atoms with E-state index in [2.05, 4.69) is 0 Å². The standard InChI is InChI=1S/C15H13Cl3O/c1-19-15-7-6-12(17)9-13(15)14(18)8-10-2-4-11(16)5-3-10/h2-7,9,14H,8H2,1H3. The van der Waals surface area contributed by atoms with E-state index in [4.69, 9.17) is 39.5 Å². The van der Waals surface area contributed by atoms with Gasteiger partial charge in [0.2, 0.25) is 0 Å². The van der Waals surface area contributed by atoms with Gasteiger partial charge in [0.1, 0.15) is 5.75 Å². The molecule has 100 valence electrons. The maximum atomic E-state index is 6.46. The van der Waals surface area contributed by atoms with Gasteiger partial charge in [-0.05, 0) is 42.3 Å². The minimum atomic E-state index is -0.199. The van der Waals surface area contributed by atoms with Crippen LogP contribution in [0.15, 0.2) is 42.5 Å². The van der Waals surface area contributed by atoms with Gasteiger partial charge < -0.3 is 4.74 Å². The van der Waals surface area contributed by atoms with Crippen molar-refractivity contribution in [3.05, 3.63) is 63.6 Å². The summed E-state index contributed by atoms with van der Waals surface area (Å²) < 4.78 is 5.31. The summed E-state index contributed by atoms with van der Waals surface area (Å²) >= 11 is 18.3. The van der Waals surface area contributed by atoms with Crippen molar-refractivity contribution in [2.24, 2.45) is 0 Å². The first-order valence-electron chi connectivity index (χ1n) is 5.82. The zero-order chi connectivity index (χ0) is 13.8. The van der Waals surface area contributed by atoms with E-state index in [1.165, 1.54) is 0 Å². The van der Waals surface area contributed by atoms with Crippen molar-refractivity contribution in [3.63, 3.8) is 0 Å². The Labute approximate surface area is 128 Å². The van der Waals surface area contributed by atoms with Crippen LogP contribution in [0, 0.1) is 0 Å². The highest BCUT2D eigenvalue weighted by Gasteiger charge is 2.14. The summed E-state index contributed by atoms with van der Waals surface area (Å²) in [6, 6.07) is 13.1. The highest BCUT2D eigenvalue weighted by molar-refractivity contribution is 6.31. The van der Waals surface area contributed by atoms with Gasteiger partial charge in [-0.15, -0.1) is 11.6 Å². The molecule has 0 saturated heterocycles. The fraction of sp³-hybridized carbons (Fsp3) is 0.200. The molecule has 0 N–H and O–H groups in total. The van der Waals surface area contributed by atoms with Crippen LogP contribution in [0.1, 0.15) is 16.5 Å². The summed E-state index contributed by atoms with van der Waals surface area (Å²) in [6.07, 6.45) is 0.690. The summed E-state index contributed by atoms with van der Waals surface area (Å²) in [5, 5.41) is 1.17. The fourth-order valence-electron chi connectivity index (χ4n) is 1.89. The largest absolute Gasteiger partial charge is 0.496 e. The molecule has 0 heterocycles. The third-order valence-corrected chi connectivity index (χ3v) is 3.73. The van der Waals surface area contributed by atoms with Crippen LogP contribution in [0.25, 0.3) is 0 Å². The number of ether oxygens (including phenoxy) is 1. The molecule has 0 saturated carbocycles. The van der Waals surface area contributed by atoms with Crippen LogP contribution in [0.3, 0.4) is 0 Å². The average molecular weight is 316 g/mol. The Morgan fingerprint density at radius 3 is 2.26 bits per heavy atom. The van der Waals surface area contributed by atoms with Crippen LogP contribution in [0.4, 0.5) is 0 Å². The Kier molecular flexibility index (Phi) is 4.98. The maximum absolute atomic E-state index is 6.46. The van der Waals surface area contributed by atoms with Gasteiger partial charge in [0.25, 0.3) is 0 Å². The topological polar surface area (TPSA) is 9.23 Å². The minimum Gasteiger partial charge on any atom is -0.496 e. The zero-order valence-corrected chi connectivity index (χ0v) is 12.6. The summed E-state index contributed by atoms with van der Waals surface area (Å²) in [5.74, 6) is 0.748. The van der Waals surface area contributed by atoms with Gasteiger partial charge in [-0.25, -0.2) is 0 Å². The SMILES string of the molecule is COc1ccc(Cl)cc1C(Cl)Cc1ccc(Cl)cc1. The van der Waals surface area contributed by atoms with E-state index < -0.39 is 0 Å². The van der Waals surface area contributed by atoms with E-state index in [0.29, 0.717) is 11.4 Å². The molecule has 0 bridgehead atoms. The van der Waals surface area contributed by atoms with Gasteiger partial charge in [-0.2, -0.15) is 0 Å². The lowest BCUT2D eigenvalue weighted by Crippen LogP contribution is -1.99. The Hall–Kier alpha value is -0.890. The van der Waals surface area contributed by atoms with Crippen LogP contribution >= 0.6 is 34.8 Å². The molecule has 1 nitrogen and oxygen atoms in total.